The van der Waals surface area contributed by atoms with Crippen LogP contribution in [0.3, 0.4) is 0 Å². The third-order valence-corrected chi connectivity index (χ3v) is 7.17. The Bertz CT molecular complexity index is 1480. The van der Waals surface area contributed by atoms with Crippen LogP contribution in [0.1, 0.15) is 55.4 Å². The van der Waals surface area contributed by atoms with E-state index in [1.165, 1.54) is 28.6 Å². The van der Waals surface area contributed by atoms with Crippen LogP contribution in [0, 0.1) is 0 Å². The number of Topliss-reactive ketones (excluding diaryl/α,β-unsaturated/α-hetero) is 1. The molecule has 184 valence electrons. The summed E-state index contributed by atoms with van der Waals surface area (Å²) in [5.74, 6) is -1.07. The van der Waals surface area contributed by atoms with E-state index in [4.69, 9.17) is 9.15 Å². The average Bonchev–Trinajstić information content (AvgIpc) is 3.57. The van der Waals surface area contributed by atoms with Crippen LogP contribution in [0.15, 0.2) is 76.6 Å². The maximum Gasteiger partial charge on any atom is 0.296 e. The van der Waals surface area contributed by atoms with Crippen molar-refractivity contribution in [2.75, 3.05) is 11.5 Å². The lowest BCUT2D eigenvalue weighted by molar-refractivity contribution is -0.117. The van der Waals surface area contributed by atoms with E-state index in [0.29, 0.717) is 28.6 Å². The fourth-order valence-electron chi connectivity index (χ4n) is 4.31. The van der Waals surface area contributed by atoms with Crippen molar-refractivity contribution in [3.05, 3.63) is 89.1 Å². The number of nitrogens with zero attached hydrogens (tertiary/aromatic N) is 2. The third-order valence-electron chi connectivity index (χ3n) is 6.16. The van der Waals surface area contributed by atoms with Crippen LogP contribution in [-0.2, 0) is 10.2 Å². The Hall–Kier alpha value is -3.91. The number of furan rings is 1. The van der Waals surface area contributed by atoms with Crippen molar-refractivity contribution < 1.29 is 23.8 Å². The molecule has 1 aliphatic heterocycles. The summed E-state index contributed by atoms with van der Waals surface area (Å²) in [7, 11) is 0. The number of fused-ring (bicyclic) bond motifs is 1. The van der Waals surface area contributed by atoms with Gasteiger partial charge in [0.15, 0.2) is 16.7 Å². The second-order valence-corrected chi connectivity index (χ2v) is 10.6. The average molecular weight is 503 g/mol. The molecule has 0 fully saturated rings. The molecular weight excluding hydrogens is 476 g/mol. The Balaban J connectivity index is 1.64. The zero-order valence-corrected chi connectivity index (χ0v) is 21.3. The Labute approximate surface area is 212 Å². The monoisotopic (exact) mass is 502 g/mol. The summed E-state index contributed by atoms with van der Waals surface area (Å²) in [5, 5.41) is 11.3. The lowest BCUT2D eigenvalue weighted by Gasteiger charge is -2.25. The minimum atomic E-state index is -0.865. The summed E-state index contributed by atoms with van der Waals surface area (Å²) in [4.78, 5) is 32.9. The first-order valence-electron chi connectivity index (χ1n) is 11.7. The zero-order valence-electron chi connectivity index (χ0n) is 20.4. The van der Waals surface area contributed by atoms with Gasteiger partial charge in [-0.2, -0.15) is 0 Å². The van der Waals surface area contributed by atoms with Gasteiger partial charge in [0, 0.05) is 0 Å². The third kappa shape index (κ3) is 4.07. The molecule has 3 heterocycles. The summed E-state index contributed by atoms with van der Waals surface area (Å²) in [6, 6.07) is 15.5. The minimum absolute atomic E-state index is 0.0345. The number of hydrogen-bond donors (Lipinski definition) is 1. The van der Waals surface area contributed by atoms with Gasteiger partial charge in [0.2, 0.25) is 5.78 Å². The first-order chi connectivity index (χ1) is 17.2. The van der Waals surface area contributed by atoms with Gasteiger partial charge in [0.1, 0.15) is 5.75 Å². The number of aliphatic hydroxyl groups excluding tert-OH is 1. The summed E-state index contributed by atoms with van der Waals surface area (Å²) < 4.78 is 11.7. The summed E-state index contributed by atoms with van der Waals surface area (Å²) in [6.07, 6.45) is 1.38. The van der Waals surface area contributed by atoms with Gasteiger partial charge < -0.3 is 14.3 Å². The molecule has 4 aromatic rings. The van der Waals surface area contributed by atoms with Crippen LogP contribution < -0.4 is 9.64 Å². The van der Waals surface area contributed by atoms with Crippen LogP contribution in [0.5, 0.6) is 5.75 Å². The Morgan fingerprint density at radius 1 is 1.17 bits per heavy atom. The number of aromatic nitrogens is 1. The van der Waals surface area contributed by atoms with Gasteiger partial charge in [0.25, 0.3) is 5.91 Å². The van der Waals surface area contributed by atoms with E-state index in [1.54, 1.807) is 6.07 Å². The number of carbonyl (C=O) groups excluding carboxylic acids is 2. The van der Waals surface area contributed by atoms with Crippen LogP contribution in [0.25, 0.3) is 10.2 Å². The molecule has 1 amide bonds. The molecule has 0 bridgehead atoms. The number of aliphatic hydroxyl groups is 1. The topological polar surface area (TPSA) is 92.9 Å². The molecule has 0 radical (unpaired) electrons. The van der Waals surface area contributed by atoms with Crippen LogP contribution in [0.4, 0.5) is 5.13 Å². The van der Waals surface area contributed by atoms with E-state index in [-0.39, 0.29) is 16.7 Å². The normalized spacial score (nSPS) is 16.3. The molecular formula is C28H26N2O5S. The maximum absolute atomic E-state index is 13.4. The van der Waals surface area contributed by atoms with Crippen molar-refractivity contribution in [3.8, 4) is 5.75 Å². The van der Waals surface area contributed by atoms with Gasteiger partial charge in [-0.05, 0) is 53.8 Å². The molecule has 0 aliphatic carbocycles. The molecule has 36 heavy (non-hydrogen) atoms. The van der Waals surface area contributed by atoms with E-state index in [2.05, 4.69) is 25.8 Å². The first-order valence-corrected chi connectivity index (χ1v) is 12.5. The second-order valence-electron chi connectivity index (χ2n) is 9.58. The Morgan fingerprint density at radius 2 is 1.92 bits per heavy atom. The molecule has 1 aliphatic rings. The van der Waals surface area contributed by atoms with E-state index in [1.807, 2.05) is 49.4 Å². The fourth-order valence-corrected chi connectivity index (χ4v) is 5.33. The number of amides is 1. The molecule has 5 rings (SSSR count). The first kappa shape index (κ1) is 23.8. The largest absolute Gasteiger partial charge is 0.503 e. The quantitative estimate of drug-likeness (QED) is 0.308. The van der Waals surface area contributed by atoms with E-state index in [0.717, 1.165) is 10.3 Å². The predicted molar refractivity (Wildman–Crippen MR) is 139 cm³/mol. The number of carbonyl (C=O) groups is 2. The number of anilines is 1. The molecule has 2 aromatic heterocycles. The predicted octanol–water partition coefficient (Wildman–Crippen LogP) is 6.37. The van der Waals surface area contributed by atoms with Crippen molar-refractivity contribution >= 4 is 38.4 Å². The summed E-state index contributed by atoms with van der Waals surface area (Å²) in [6.45, 7) is 8.78. The highest BCUT2D eigenvalue weighted by Crippen LogP contribution is 2.44. The van der Waals surface area contributed by atoms with E-state index in [9.17, 15) is 14.7 Å². The highest BCUT2D eigenvalue weighted by Gasteiger charge is 2.46. The standard InChI is InChI=1S/C28H26N2O5S/c1-5-34-18-12-13-19-21(15-18)36-27(29-19)30-23(16-8-10-17(11-9-16)28(2,3)4)22(25(32)26(30)33)24(31)20-7-6-14-35-20/h6-15,23,32H,5H2,1-4H3/t23-/m1/s1. The zero-order chi connectivity index (χ0) is 25.6. The Morgan fingerprint density at radius 3 is 2.56 bits per heavy atom. The molecule has 0 saturated heterocycles. The SMILES string of the molecule is CCOc1ccc2nc(N3C(=O)C(O)=C(C(=O)c4ccco4)[C@H]3c3ccc(C(C)(C)C)cc3)sc2c1. The molecule has 0 unspecified atom stereocenters. The molecule has 1 atom stereocenters. The number of hydrogen-bond acceptors (Lipinski definition) is 7. The van der Waals surface area contributed by atoms with Gasteiger partial charge in [0.05, 0.1) is 34.7 Å². The Kier molecular flexibility index (Phi) is 5.92. The van der Waals surface area contributed by atoms with Crippen molar-refractivity contribution in [3.63, 3.8) is 0 Å². The number of benzene rings is 2. The van der Waals surface area contributed by atoms with Gasteiger partial charge in [-0.1, -0.05) is 56.4 Å². The van der Waals surface area contributed by atoms with Crippen molar-refractivity contribution in [1.29, 1.82) is 0 Å². The van der Waals surface area contributed by atoms with Crippen molar-refractivity contribution in [1.82, 2.24) is 4.98 Å². The summed E-state index contributed by atoms with van der Waals surface area (Å²) >= 11 is 1.30. The summed E-state index contributed by atoms with van der Waals surface area (Å²) in [5.41, 5.74) is 2.38. The highest BCUT2D eigenvalue weighted by atomic mass is 32.1. The van der Waals surface area contributed by atoms with Gasteiger partial charge in [-0.25, -0.2) is 4.98 Å². The molecule has 7 nitrogen and oxygen atoms in total. The number of thiazole rings is 1. The smallest absolute Gasteiger partial charge is 0.296 e. The molecule has 0 saturated carbocycles. The van der Waals surface area contributed by atoms with Crippen molar-refractivity contribution in [2.45, 2.75) is 39.2 Å². The van der Waals surface area contributed by atoms with E-state index >= 15 is 0 Å². The molecule has 1 N–H and O–H groups in total. The van der Waals surface area contributed by atoms with Gasteiger partial charge in [-0.15, -0.1) is 0 Å². The maximum atomic E-state index is 13.4. The molecule has 2 aromatic carbocycles. The highest BCUT2D eigenvalue weighted by molar-refractivity contribution is 7.22. The van der Waals surface area contributed by atoms with E-state index < -0.39 is 23.5 Å². The number of ether oxygens (including phenoxy) is 1. The molecule has 0 spiro atoms. The lowest BCUT2D eigenvalue weighted by Crippen LogP contribution is -2.31. The van der Waals surface area contributed by atoms with Gasteiger partial charge in [-0.3, -0.25) is 14.5 Å². The van der Waals surface area contributed by atoms with Crippen LogP contribution in [0.2, 0.25) is 0 Å². The fraction of sp³-hybridized carbons (Fsp3) is 0.250. The number of ketones is 1. The second kappa shape index (κ2) is 8.95. The minimum Gasteiger partial charge on any atom is -0.503 e. The molecule has 8 heteroatoms. The van der Waals surface area contributed by atoms with Crippen LogP contribution in [-0.4, -0.2) is 28.4 Å². The van der Waals surface area contributed by atoms with Gasteiger partial charge >= 0.3 is 0 Å². The lowest BCUT2D eigenvalue weighted by atomic mass is 9.85. The van der Waals surface area contributed by atoms with Crippen LogP contribution >= 0.6 is 11.3 Å². The number of rotatable bonds is 6. The van der Waals surface area contributed by atoms with Crippen molar-refractivity contribution in [2.24, 2.45) is 0 Å².